The summed E-state index contributed by atoms with van der Waals surface area (Å²) >= 11 is 0. The summed E-state index contributed by atoms with van der Waals surface area (Å²) in [7, 11) is -4.02. The molecule has 11 heteroatoms. The van der Waals surface area contributed by atoms with Crippen LogP contribution in [0, 0.1) is 0 Å². The van der Waals surface area contributed by atoms with Crippen LogP contribution in [-0.2, 0) is 14.8 Å². The number of hydrogen-bond acceptors (Lipinski definition) is 6. The van der Waals surface area contributed by atoms with Crippen LogP contribution in [0.1, 0.15) is 31.2 Å². The quantitative estimate of drug-likeness (QED) is 0.618. The van der Waals surface area contributed by atoms with Crippen molar-refractivity contribution in [3.05, 3.63) is 42.2 Å². The first-order valence-corrected chi connectivity index (χ1v) is 11.2. The lowest BCUT2D eigenvalue weighted by molar-refractivity contribution is -0.119. The van der Waals surface area contributed by atoms with E-state index in [1.165, 1.54) is 35.6 Å². The van der Waals surface area contributed by atoms with Crippen molar-refractivity contribution in [2.45, 2.75) is 36.7 Å². The second kappa shape index (κ2) is 8.06. The van der Waals surface area contributed by atoms with Crippen molar-refractivity contribution in [3.63, 3.8) is 0 Å². The summed E-state index contributed by atoms with van der Waals surface area (Å²) in [4.78, 5) is 26.5. The van der Waals surface area contributed by atoms with E-state index >= 15 is 0 Å². The molecule has 1 fully saturated rings. The van der Waals surface area contributed by atoms with Crippen LogP contribution < -0.4 is 19.7 Å². The average Bonchev–Trinajstić information content (AvgIpc) is 3.57. The van der Waals surface area contributed by atoms with E-state index in [4.69, 9.17) is 9.84 Å². The molecule has 0 saturated heterocycles. The van der Waals surface area contributed by atoms with Gasteiger partial charge in [0.15, 0.2) is 0 Å². The number of aromatic nitrogens is 1. The van der Waals surface area contributed by atoms with E-state index in [1.807, 2.05) is 0 Å². The Morgan fingerprint density at radius 2 is 2.03 bits per heavy atom. The fraction of sp³-hybridized carbons (Fsp3) is 0.350. The Labute approximate surface area is 179 Å². The highest BCUT2D eigenvalue weighted by molar-refractivity contribution is 7.92. The van der Waals surface area contributed by atoms with Gasteiger partial charge < -0.3 is 15.2 Å². The van der Waals surface area contributed by atoms with Gasteiger partial charge in [-0.25, -0.2) is 13.2 Å². The number of carbonyl (C=O) groups is 2. The number of anilines is 2. The number of carboxylic acid groups (broad SMARTS) is 1. The van der Waals surface area contributed by atoms with Crippen molar-refractivity contribution < 1.29 is 27.9 Å². The van der Waals surface area contributed by atoms with E-state index in [1.54, 1.807) is 12.3 Å². The molecule has 2 aromatic rings. The molecule has 1 saturated carbocycles. The molecule has 0 bridgehead atoms. The highest BCUT2D eigenvalue weighted by Crippen LogP contribution is 2.42. The molecule has 31 heavy (non-hydrogen) atoms. The Bertz CT molecular complexity index is 1130. The number of carbonyl (C=O) groups excluding carboxylic acids is 1. The predicted molar refractivity (Wildman–Crippen MR) is 112 cm³/mol. The molecule has 1 aliphatic heterocycles. The van der Waals surface area contributed by atoms with Gasteiger partial charge in [-0.15, -0.1) is 0 Å². The molecule has 164 valence electrons. The van der Waals surface area contributed by atoms with Crippen molar-refractivity contribution >= 4 is 33.4 Å². The third-order valence-electron chi connectivity index (χ3n) is 5.09. The van der Waals surface area contributed by atoms with E-state index in [2.05, 4.69) is 15.6 Å². The molecular formula is C20H22N4O6S. The van der Waals surface area contributed by atoms with Gasteiger partial charge in [-0.2, -0.15) is 0 Å². The molecule has 0 spiro atoms. The van der Waals surface area contributed by atoms with Crippen LogP contribution in [0.25, 0.3) is 0 Å². The molecule has 0 radical (unpaired) electrons. The second-order valence-electron chi connectivity index (χ2n) is 7.55. The maximum Gasteiger partial charge on any atom is 0.409 e. The minimum atomic E-state index is -4.02. The normalized spacial score (nSPS) is 18.0. The highest BCUT2D eigenvalue weighted by Gasteiger charge is 2.36. The van der Waals surface area contributed by atoms with Crippen molar-refractivity contribution in [2.75, 3.05) is 22.7 Å². The summed E-state index contributed by atoms with van der Waals surface area (Å²) < 4.78 is 34.2. The number of benzene rings is 1. The van der Waals surface area contributed by atoms with Gasteiger partial charge in [0, 0.05) is 25.0 Å². The Morgan fingerprint density at radius 3 is 2.71 bits per heavy atom. The molecule has 1 atom stereocenters. The van der Waals surface area contributed by atoms with Gasteiger partial charge in [0.2, 0.25) is 5.91 Å². The average molecular weight is 446 g/mol. The Hall–Kier alpha value is -3.34. The van der Waals surface area contributed by atoms with E-state index in [9.17, 15) is 18.0 Å². The van der Waals surface area contributed by atoms with Crippen molar-refractivity contribution in [1.82, 2.24) is 10.3 Å². The molecule has 1 aliphatic carbocycles. The lowest BCUT2D eigenvalue weighted by atomic mass is 10.2. The van der Waals surface area contributed by atoms with Crippen LogP contribution in [0.3, 0.4) is 0 Å². The number of rotatable bonds is 6. The fourth-order valence-electron chi connectivity index (χ4n) is 3.45. The first-order chi connectivity index (χ1) is 14.7. The molecule has 10 nitrogen and oxygen atoms in total. The van der Waals surface area contributed by atoms with Gasteiger partial charge in [-0.3, -0.25) is 19.4 Å². The van der Waals surface area contributed by atoms with Crippen LogP contribution in [-0.4, -0.2) is 49.7 Å². The maximum atomic E-state index is 13.6. The smallest absolute Gasteiger partial charge is 0.409 e. The van der Waals surface area contributed by atoms with Gasteiger partial charge in [-0.1, -0.05) is 0 Å². The van der Waals surface area contributed by atoms with Crippen LogP contribution in [0.2, 0.25) is 0 Å². The van der Waals surface area contributed by atoms with E-state index in [0.717, 1.165) is 18.4 Å². The number of fused-ring (bicyclic) bond motifs is 1. The zero-order chi connectivity index (χ0) is 22.2. The first-order valence-electron chi connectivity index (χ1n) is 9.77. The van der Waals surface area contributed by atoms with E-state index in [-0.39, 0.29) is 41.0 Å². The van der Waals surface area contributed by atoms with Crippen molar-refractivity contribution in [2.24, 2.45) is 0 Å². The molecular weight excluding hydrogens is 424 g/mol. The Morgan fingerprint density at radius 1 is 1.26 bits per heavy atom. The molecule has 1 unspecified atom stereocenters. The number of nitrogens with one attached hydrogen (secondary N) is 2. The third kappa shape index (κ3) is 4.55. The molecule has 4 rings (SSSR count). The summed E-state index contributed by atoms with van der Waals surface area (Å²) in [5, 5.41) is 13.9. The maximum absolute atomic E-state index is 13.6. The summed E-state index contributed by atoms with van der Waals surface area (Å²) in [5.74, 6) is 0.345. The molecule has 3 N–H and O–H groups in total. The minimum absolute atomic E-state index is 0.0552. The summed E-state index contributed by atoms with van der Waals surface area (Å²) in [6.07, 6.45) is 3.11. The zero-order valence-electron chi connectivity index (χ0n) is 16.7. The summed E-state index contributed by atoms with van der Waals surface area (Å²) in [6, 6.07) is 6.03. The fourth-order valence-corrected chi connectivity index (χ4v) is 4.95. The second-order valence-corrected chi connectivity index (χ2v) is 9.42. The van der Waals surface area contributed by atoms with Gasteiger partial charge in [0.05, 0.1) is 18.8 Å². The lowest BCUT2D eigenvalue weighted by Crippen LogP contribution is -2.48. The van der Waals surface area contributed by atoms with Crippen LogP contribution in [0.15, 0.2) is 41.6 Å². The van der Waals surface area contributed by atoms with E-state index in [0.29, 0.717) is 5.92 Å². The van der Waals surface area contributed by atoms with Crippen molar-refractivity contribution in [3.8, 4) is 5.75 Å². The number of nitrogens with zero attached hydrogens (tertiary/aromatic N) is 2. The molecule has 1 aromatic carbocycles. The molecule has 2 heterocycles. The molecule has 2 amide bonds. The highest BCUT2D eigenvalue weighted by atomic mass is 32.2. The van der Waals surface area contributed by atoms with Gasteiger partial charge in [0.1, 0.15) is 16.7 Å². The number of amides is 2. The Balaban J connectivity index is 1.73. The SMILES string of the molecule is CC(=O)NCC1CN(S(=O)(=O)c2cncc(C3CC3)c2)c2cc(NC(=O)O)ccc2O1. The number of ether oxygens (including phenoxy) is 1. The topological polar surface area (TPSA) is 138 Å². The standard InChI is InChI=1S/C20H22N4O6S/c1-12(25)22-9-16-11-24(18-7-15(23-20(26)27)4-5-19(18)30-16)31(28,29)17-6-14(8-21-10-17)13-2-3-13/h4-8,10,13,16,23H,2-3,9,11H2,1H3,(H,22,25)(H,26,27). The molecule has 1 aromatic heterocycles. The van der Waals surface area contributed by atoms with Gasteiger partial charge in [-0.05, 0) is 48.6 Å². The van der Waals surface area contributed by atoms with Crippen LogP contribution in [0.5, 0.6) is 5.75 Å². The number of pyridine rings is 1. The van der Waals surface area contributed by atoms with Crippen LogP contribution in [0.4, 0.5) is 16.2 Å². The minimum Gasteiger partial charge on any atom is -0.484 e. The Kier molecular flexibility index (Phi) is 5.44. The van der Waals surface area contributed by atoms with E-state index < -0.39 is 22.2 Å². The first kappa shape index (κ1) is 20.9. The monoisotopic (exact) mass is 446 g/mol. The molecule has 2 aliphatic rings. The van der Waals surface area contributed by atoms with Gasteiger partial charge in [0.25, 0.3) is 10.0 Å². The number of sulfonamides is 1. The lowest BCUT2D eigenvalue weighted by Gasteiger charge is -2.35. The third-order valence-corrected chi connectivity index (χ3v) is 6.84. The summed E-state index contributed by atoms with van der Waals surface area (Å²) in [5.41, 5.74) is 1.30. The summed E-state index contributed by atoms with van der Waals surface area (Å²) in [6.45, 7) is 1.43. The van der Waals surface area contributed by atoms with Gasteiger partial charge >= 0.3 is 6.09 Å². The predicted octanol–water partition coefficient (Wildman–Crippen LogP) is 2.14. The zero-order valence-corrected chi connectivity index (χ0v) is 17.6. The largest absolute Gasteiger partial charge is 0.484 e. The van der Waals surface area contributed by atoms with Crippen LogP contribution >= 0.6 is 0 Å². The number of hydrogen-bond donors (Lipinski definition) is 3. The van der Waals surface area contributed by atoms with Crippen molar-refractivity contribution in [1.29, 1.82) is 0 Å².